The molecule has 3 amide bonds. The Bertz CT molecular complexity index is 1320. The number of hydrogen-bond acceptors (Lipinski definition) is 10. The summed E-state index contributed by atoms with van der Waals surface area (Å²) in [6.45, 7) is 7.35. The lowest BCUT2D eigenvalue weighted by molar-refractivity contribution is -0.142. The van der Waals surface area contributed by atoms with Crippen molar-refractivity contribution in [2.75, 3.05) is 65.9 Å². The fourth-order valence-electron chi connectivity index (χ4n) is 6.67. The maximum atomic E-state index is 12.3. The molecule has 1 aromatic rings. The van der Waals surface area contributed by atoms with Gasteiger partial charge in [-0.05, 0) is 56.9 Å². The van der Waals surface area contributed by atoms with Gasteiger partial charge in [0.2, 0.25) is 17.7 Å². The Morgan fingerprint density at radius 1 is 0.540 bits per heavy atom. The second-order valence-electron chi connectivity index (χ2n) is 16.1. The molecule has 15 nitrogen and oxygen atoms in total. The van der Waals surface area contributed by atoms with E-state index in [1.54, 1.807) is 12.1 Å². The predicted octanol–water partition coefficient (Wildman–Crippen LogP) is 8.18. The number of unbranched alkanes of at least 4 members (excludes halogenated alkanes) is 17. The average Bonchev–Trinajstić information content (AvgIpc) is 3.26. The molecular formula is C48H82N3O12. The Labute approximate surface area is 377 Å². The SMILES string of the molecule is CCCCCCCCCCCCCC[C](C)OCCOCCNC(=O)COCCOCCNC(=O)CC[C@H](NC(=O)CCCCCCCCCOc1ccc(C(=O)O)cc1)C(=O)O. The maximum Gasteiger partial charge on any atom is 0.335 e. The lowest BCUT2D eigenvalue weighted by atomic mass is 10.0. The molecule has 0 spiro atoms. The minimum atomic E-state index is -1.19. The molecule has 0 aromatic heterocycles. The van der Waals surface area contributed by atoms with Crippen molar-refractivity contribution >= 4 is 29.7 Å². The van der Waals surface area contributed by atoms with Crippen molar-refractivity contribution in [3.05, 3.63) is 35.9 Å². The van der Waals surface area contributed by atoms with Crippen LogP contribution >= 0.6 is 0 Å². The smallest absolute Gasteiger partial charge is 0.335 e. The number of carboxylic acid groups (broad SMARTS) is 2. The number of carbonyl (C=O) groups excluding carboxylic acids is 3. The first-order valence-electron chi connectivity index (χ1n) is 23.8. The number of rotatable bonds is 45. The number of aliphatic carboxylic acids is 1. The molecule has 0 bridgehead atoms. The molecule has 63 heavy (non-hydrogen) atoms. The molecule has 1 atom stereocenters. The summed E-state index contributed by atoms with van der Waals surface area (Å²) in [4.78, 5) is 59.1. The Balaban J connectivity index is 1.90. The summed E-state index contributed by atoms with van der Waals surface area (Å²) in [5, 5.41) is 26.4. The van der Waals surface area contributed by atoms with Crippen LogP contribution in [0.4, 0.5) is 0 Å². The molecule has 0 aliphatic heterocycles. The van der Waals surface area contributed by atoms with Crippen molar-refractivity contribution in [2.24, 2.45) is 0 Å². The van der Waals surface area contributed by atoms with Crippen molar-refractivity contribution in [2.45, 2.75) is 168 Å². The largest absolute Gasteiger partial charge is 0.494 e. The zero-order valence-corrected chi connectivity index (χ0v) is 38.7. The molecule has 0 saturated carbocycles. The molecule has 1 rings (SSSR count). The Kier molecular flexibility index (Phi) is 37.2. The van der Waals surface area contributed by atoms with Gasteiger partial charge in [-0.2, -0.15) is 0 Å². The minimum absolute atomic E-state index is 0.0282. The van der Waals surface area contributed by atoms with Crippen LogP contribution in [0.2, 0.25) is 0 Å². The lowest BCUT2D eigenvalue weighted by Crippen LogP contribution is -2.41. The number of carboxylic acids is 2. The average molecular weight is 893 g/mol. The first-order chi connectivity index (χ1) is 30.6. The van der Waals surface area contributed by atoms with E-state index in [1.807, 2.05) is 6.92 Å². The number of ether oxygens (including phenoxy) is 5. The zero-order chi connectivity index (χ0) is 46.0. The van der Waals surface area contributed by atoms with Gasteiger partial charge in [0, 0.05) is 25.9 Å². The van der Waals surface area contributed by atoms with Crippen LogP contribution in [0.1, 0.15) is 172 Å². The van der Waals surface area contributed by atoms with Crippen LogP contribution < -0.4 is 20.7 Å². The number of amides is 3. The van der Waals surface area contributed by atoms with Crippen molar-refractivity contribution in [1.29, 1.82) is 0 Å². The number of carbonyl (C=O) groups is 5. The van der Waals surface area contributed by atoms with Crippen LogP contribution in [0.5, 0.6) is 5.75 Å². The van der Waals surface area contributed by atoms with Crippen molar-refractivity contribution in [1.82, 2.24) is 16.0 Å². The third-order valence-electron chi connectivity index (χ3n) is 10.4. The van der Waals surface area contributed by atoms with Gasteiger partial charge < -0.3 is 49.8 Å². The molecule has 15 heteroatoms. The van der Waals surface area contributed by atoms with E-state index in [9.17, 15) is 29.1 Å². The molecule has 0 aliphatic rings. The van der Waals surface area contributed by atoms with Crippen LogP contribution in [0.3, 0.4) is 0 Å². The number of nitrogens with one attached hydrogen (secondary N) is 3. The summed E-state index contributed by atoms with van der Waals surface area (Å²) in [6.07, 6.45) is 24.6. The highest BCUT2D eigenvalue weighted by atomic mass is 16.5. The third-order valence-corrected chi connectivity index (χ3v) is 10.4. The highest BCUT2D eigenvalue weighted by Crippen LogP contribution is 2.17. The number of aromatic carboxylic acids is 1. The summed E-state index contributed by atoms with van der Waals surface area (Å²) in [6, 6.07) is 5.18. The zero-order valence-electron chi connectivity index (χ0n) is 38.7. The molecule has 1 radical (unpaired) electrons. The number of benzene rings is 1. The van der Waals surface area contributed by atoms with Gasteiger partial charge in [0.25, 0.3) is 0 Å². The molecule has 1 aromatic carbocycles. The molecule has 0 heterocycles. The Morgan fingerprint density at radius 3 is 1.62 bits per heavy atom. The first kappa shape index (κ1) is 57.2. The van der Waals surface area contributed by atoms with E-state index >= 15 is 0 Å². The van der Waals surface area contributed by atoms with Crippen molar-refractivity contribution in [3.8, 4) is 5.75 Å². The van der Waals surface area contributed by atoms with Crippen LogP contribution in [-0.2, 0) is 38.1 Å². The van der Waals surface area contributed by atoms with Gasteiger partial charge in [-0.1, -0.05) is 116 Å². The predicted molar refractivity (Wildman–Crippen MR) is 244 cm³/mol. The molecule has 0 unspecified atom stereocenters. The van der Waals surface area contributed by atoms with Crippen LogP contribution in [0, 0.1) is 6.10 Å². The van der Waals surface area contributed by atoms with Crippen molar-refractivity contribution < 1.29 is 57.9 Å². The number of hydrogen-bond donors (Lipinski definition) is 5. The van der Waals surface area contributed by atoms with Crippen LogP contribution in [0.25, 0.3) is 0 Å². The molecule has 0 aliphatic carbocycles. The van der Waals surface area contributed by atoms with Gasteiger partial charge >= 0.3 is 11.9 Å². The van der Waals surface area contributed by atoms with Crippen LogP contribution in [0.15, 0.2) is 24.3 Å². The van der Waals surface area contributed by atoms with Crippen LogP contribution in [-0.4, -0.2) is 112 Å². The van der Waals surface area contributed by atoms with Gasteiger partial charge in [-0.25, -0.2) is 9.59 Å². The van der Waals surface area contributed by atoms with Gasteiger partial charge in [-0.15, -0.1) is 0 Å². The lowest BCUT2D eigenvalue weighted by Gasteiger charge is -2.14. The molecular weight excluding hydrogens is 811 g/mol. The summed E-state index contributed by atoms with van der Waals surface area (Å²) < 4.78 is 27.7. The van der Waals surface area contributed by atoms with E-state index in [2.05, 4.69) is 22.9 Å². The maximum absolute atomic E-state index is 12.3. The van der Waals surface area contributed by atoms with Gasteiger partial charge in [0.15, 0.2) is 0 Å². The Morgan fingerprint density at radius 2 is 1.05 bits per heavy atom. The molecule has 0 fully saturated rings. The third kappa shape index (κ3) is 36.3. The fourth-order valence-corrected chi connectivity index (χ4v) is 6.67. The first-order valence-corrected chi connectivity index (χ1v) is 23.8. The fraction of sp³-hybridized carbons (Fsp3) is 0.750. The molecule has 0 saturated heterocycles. The minimum Gasteiger partial charge on any atom is -0.494 e. The summed E-state index contributed by atoms with van der Waals surface area (Å²) in [5.74, 6) is -2.46. The topological polar surface area (TPSA) is 208 Å². The standard InChI is InChI=1S/C48H82N3O12/c1-3-4-5-6-7-8-9-10-11-13-16-19-22-40(2)62-38-37-60-34-31-50-46(54)39-61-36-35-59-33-30-49-44(52)29-28-43(48(57)58)51-45(53)23-20-17-14-12-15-18-21-32-63-42-26-24-41(25-27-42)47(55)56/h24-27,43H,3-23,28-39H2,1-2H3,(H,49,52)(H,50,54)(H,51,53)(H,55,56)(H,57,58)/t43-/m0/s1. The molecule has 361 valence electrons. The van der Waals surface area contributed by atoms with Gasteiger partial charge in [0.1, 0.15) is 18.4 Å². The van der Waals surface area contributed by atoms with Gasteiger partial charge in [-0.3, -0.25) is 14.4 Å². The summed E-state index contributed by atoms with van der Waals surface area (Å²) in [5.41, 5.74) is 0.222. The summed E-state index contributed by atoms with van der Waals surface area (Å²) >= 11 is 0. The quantitative estimate of drug-likeness (QED) is 0.0393. The normalized spacial score (nSPS) is 11.7. The summed E-state index contributed by atoms with van der Waals surface area (Å²) in [7, 11) is 0. The Hall–Kier alpha value is -3.79. The van der Waals surface area contributed by atoms with E-state index in [1.165, 1.54) is 82.8 Å². The second-order valence-corrected chi connectivity index (χ2v) is 16.1. The molecule has 5 N–H and O–H groups in total. The second kappa shape index (κ2) is 40.9. The highest BCUT2D eigenvalue weighted by Gasteiger charge is 2.21. The van der Waals surface area contributed by atoms with E-state index in [0.29, 0.717) is 45.1 Å². The van der Waals surface area contributed by atoms with Gasteiger partial charge in [0.05, 0.1) is 57.9 Å². The van der Waals surface area contributed by atoms with E-state index < -0.39 is 18.0 Å². The van der Waals surface area contributed by atoms with E-state index in [4.69, 9.17) is 28.8 Å². The van der Waals surface area contributed by atoms with Crippen molar-refractivity contribution in [3.63, 3.8) is 0 Å². The monoisotopic (exact) mass is 893 g/mol. The highest BCUT2D eigenvalue weighted by molar-refractivity contribution is 5.87. The van der Waals surface area contributed by atoms with E-state index in [-0.39, 0.29) is 75.5 Å². The van der Waals surface area contributed by atoms with E-state index in [0.717, 1.165) is 57.5 Å².